The van der Waals surface area contributed by atoms with Gasteiger partial charge >= 0.3 is 12.0 Å². The van der Waals surface area contributed by atoms with Gasteiger partial charge in [-0.3, -0.25) is 9.59 Å². The van der Waals surface area contributed by atoms with Gasteiger partial charge in [-0.2, -0.15) is 0 Å². The molecule has 10 heteroatoms. The van der Waals surface area contributed by atoms with Crippen molar-refractivity contribution in [2.45, 2.75) is 32.7 Å². The number of amides is 4. The number of ether oxygens (including phenoxy) is 2. The van der Waals surface area contributed by atoms with E-state index in [1.54, 1.807) is 60.7 Å². The molecule has 0 unspecified atom stereocenters. The molecular weight excluding hydrogens is 506 g/mol. The summed E-state index contributed by atoms with van der Waals surface area (Å²) in [5, 5.41) is 4.73. The lowest BCUT2D eigenvalue weighted by Gasteiger charge is -2.21. The van der Waals surface area contributed by atoms with Crippen molar-refractivity contribution in [3.8, 4) is 5.75 Å². The van der Waals surface area contributed by atoms with Crippen molar-refractivity contribution in [3.63, 3.8) is 0 Å². The number of hydrogen-bond acceptors (Lipinski definition) is 7. The number of urea groups is 1. The molecule has 3 aromatic rings. The van der Waals surface area contributed by atoms with Gasteiger partial charge in [0.25, 0.3) is 5.91 Å². The molecular formula is C28H29N3O6S. The van der Waals surface area contributed by atoms with E-state index in [4.69, 9.17) is 9.47 Å². The Hall–Kier alpha value is -4.18. The van der Waals surface area contributed by atoms with Crippen LogP contribution in [0.3, 0.4) is 0 Å². The fourth-order valence-corrected chi connectivity index (χ4v) is 5.16. The Balaban J connectivity index is 1.54. The number of imide groups is 1. The number of thiophene rings is 1. The van der Waals surface area contributed by atoms with Gasteiger partial charge in [-0.1, -0.05) is 6.07 Å². The lowest BCUT2D eigenvalue weighted by molar-refractivity contribution is -0.124. The fourth-order valence-electron chi connectivity index (χ4n) is 4.26. The number of methoxy groups -OCH3 is 1. The first-order valence-corrected chi connectivity index (χ1v) is 13.1. The van der Waals surface area contributed by atoms with Crippen molar-refractivity contribution in [2.75, 3.05) is 30.5 Å². The van der Waals surface area contributed by atoms with E-state index in [1.807, 2.05) is 18.4 Å². The second kappa shape index (κ2) is 11.9. The maximum atomic E-state index is 13.5. The summed E-state index contributed by atoms with van der Waals surface area (Å²) in [6.45, 7) is 4.24. The third-order valence-electron chi connectivity index (χ3n) is 6.23. The predicted octanol–water partition coefficient (Wildman–Crippen LogP) is 4.65. The summed E-state index contributed by atoms with van der Waals surface area (Å²) in [6, 6.07) is 13.6. The molecule has 38 heavy (non-hydrogen) atoms. The summed E-state index contributed by atoms with van der Waals surface area (Å²) in [4.78, 5) is 55.7. The van der Waals surface area contributed by atoms with Crippen LogP contribution in [0.15, 0.2) is 60.0 Å². The second-order valence-corrected chi connectivity index (χ2v) is 9.69. The second-order valence-electron chi connectivity index (χ2n) is 8.69. The quantitative estimate of drug-likeness (QED) is 0.299. The minimum Gasteiger partial charge on any atom is -0.497 e. The zero-order valence-electron chi connectivity index (χ0n) is 21.4. The van der Waals surface area contributed by atoms with Gasteiger partial charge in [-0.05, 0) is 79.7 Å². The average molecular weight is 536 g/mol. The summed E-state index contributed by atoms with van der Waals surface area (Å²) < 4.78 is 10.2. The van der Waals surface area contributed by atoms with Crippen molar-refractivity contribution in [3.05, 3.63) is 76.0 Å². The van der Waals surface area contributed by atoms with E-state index in [2.05, 4.69) is 5.32 Å². The van der Waals surface area contributed by atoms with Crippen molar-refractivity contribution in [1.82, 2.24) is 4.90 Å². The van der Waals surface area contributed by atoms with E-state index in [1.165, 1.54) is 18.1 Å². The van der Waals surface area contributed by atoms with Crippen LogP contribution in [0.5, 0.6) is 5.75 Å². The molecule has 0 saturated carbocycles. The van der Waals surface area contributed by atoms with E-state index in [9.17, 15) is 19.2 Å². The Morgan fingerprint density at radius 1 is 1.08 bits per heavy atom. The molecule has 1 fully saturated rings. The lowest BCUT2D eigenvalue weighted by Crippen LogP contribution is -2.39. The maximum absolute atomic E-state index is 13.5. The van der Waals surface area contributed by atoms with Crippen LogP contribution in [-0.4, -0.2) is 55.0 Å². The van der Waals surface area contributed by atoms with Gasteiger partial charge in [-0.25, -0.2) is 14.5 Å². The van der Waals surface area contributed by atoms with Gasteiger partial charge in [0.15, 0.2) is 0 Å². The molecule has 1 aliphatic rings. The topological polar surface area (TPSA) is 105 Å². The minimum atomic E-state index is -0.974. The Kier molecular flexibility index (Phi) is 8.42. The molecule has 0 spiro atoms. The highest BCUT2D eigenvalue weighted by Crippen LogP contribution is 2.29. The molecule has 1 atom stereocenters. The van der Waals surface area contributed by atoms with E-state index >= 15 is 0 Å². The third-order valence-corrected chi connectivity index (χ3v) is 7.32. The Bertz CT molecular complexity index is 1340. The molecule has 4 amide bonds. The number of rotatable bonds is 10. The summed E-state index contributed by atoms with van der Waals surface area (Å²) in [7, 11) is 1.53. The van der Waals surface area contributed by atoms with Crippen LogP contribution in [-0.2, 0) is 20.7 Å². The largest absolute Gasteiger partial charge is 0.497 e. The zero-order chi connectivity index (χ0) is 27.2. The first kappa shape index (κ1) is 26.9. The van der Waals surface area contributed by atoms with Crippen LogP contribution in [0.25, 0.3) is 0 Å². The average Bonchev–Trinajstić information content (AvgIpc) is 3.42. The summed E-state index contributed by atoms with van der Waals surface area (Å²) in [5.74, 6) is -0.825. The van der Waals surface area contributed by atoms with Crippen LogP contribution in [0, 0.1) is 6.92 Å². The van der Waals surface area contributed by atoms with Crippen molar-refractivity contribution < 1.29 is 28.7 Å². The van der Waals surface area contributed by atoms with E-state index in [0.717, 1.165) is 15.3 Å². The van der Waals surface area contributed by atoms with Gasteiger partial charge in [0, 0.05) is 17.1 Å². The van der Waals surface area contributed by atoms with E-state index < -0.39 is 29.9 Å². The molecule has 1 aliphatic heterocycles. The van der Waals surface area contributed by atoms with Gasteiger partial charge in [0.1, 0.15) is 11.8 Å². The molecule has 2 aromatic carbocycles. The van der Waals surface area contributed by atoms with E-state index in [0.29, 0.717) is 29.1 Å². The molecule has 1 N–H and O–H groups in total. The van der Waals surface area contributed by atoms with E-state index in [-0.39, 0.29) is 19.6 Å². The third kappa shape index (κ3) is 5.86. The SMILES string of the molecule is CCOC(=O)c1cccc(NC(=O)C[C@@H]2C(=O)N(c3ccc(OC)cc3)C(=O)N2CCc2sccc2C)c1. The smallest absolute Gasteiger partial charge is 0.338 e. The molecule has 198 valence electrons. The van der Waals surface area contributed by atoms with Crippen molar-refractivity contribution in [1.29, 1.82) is 0 Å². The number of benzene rings is 2. The number of carbonyl (C=O) groups is 4. The molecule has 2 heterocycles. The molecule has 4 rings (SSSR count). The molecule has 1 saturated heterocycles. The molecule has 0 radical (unpaired) electrons. The lowest BCUT2D eigenvalue weighted by atomic mass is 10.1. The van der Waals surface area contributed by atoms with Crippen LogP contribution in [0.1, 0.15) is 34.1 Å². The number of carbonyl (C=O) groups excluding carboxylic acids is 4. The normalized spacial score (nSPS) is 15.1. The standard InChI is InChI=1S/C28H29N3O6S/c1-4-37-27(34)19-6-5-7-20(16-19)29-25(32)17-23-26(33)31(21-8-10-22(36-3)11-9-21)28(35)30(23)14-12-24-18(2)13-15-38-24/h5-11,13,15-16,23H,4,12,14,17H2,1-3H3,(H,29,32)/t23-/m1/s1. The highest BCUT2D eigenvalue weighted by molar-refractivity contribution is 7.10. The minimum absolute atomic E-state index is 0.232. The summed E-state index contributed by atoms with van der Waals surface area (Å²) in [6.07, 6.45) is 0.336. The molecule has 0 bridgehead atoms. The fraction of sp³-hybridized carbons (Fsp3) is 0.286. The number of nitrogens with one attached hydrogen (secondary N) is 1. The number of esters is 1. The Labute approximate surface area is 225 Å². The van der Waals surface area contributed by atoms with Crippen LogP contribution >= 0.6 is 11.3 Å². The van der Waals surface area contributed by atoms with Gasteiger partial charge in [0.2, 0.25) is 5.91 Å². The van der Waals surface area contributed by atoms with Crippen LogP contribution in [0.4, 0.5) is 16.2 Å². The number of nitrogens with zero attached hydrogens (tertiary/aromatic N) is 2. The van der Waals surface area contributed by atoms with Gasteiger partial charge < -0.3 is 19.7 Å². The van der Waals surface area contributed by atoms with Crippen LogP contribution in [0.2, 0.25) is 0 Å². The maximum Gasteiger partial charge on any atom is 0.338 e. The molecule has 1 aromatic heterocycles. The first-order chi connectivity index (χ1) is 18.3. The predicted molar refractivity (Wildman–Crippen MR) is 145 cm³/mol. The Morgan fingerprint density at radius 3 is 2.50 bits per heavy atom. The first-order valence-electron chi connectivity index (χ1n) is 12.2. The van der Waals surface area contributed by atoms with Crippen molar-refractivity contribution >= 4 is 46.5 Å². The highest BCUT2D eigenvalue weighted by atomic mass is 32.1. The van der Waals surface area contributed by atoms with Gasteiger partial charge in [0.05, 0.1) is 31.4 Å². The Morgan fingerprint density at radius 2 is 1.84 bits per heavy atom. The number of hydrogen-bond donors (Lipinski definition) is 1. The number of aryl methyl sites for hydroxylation is 1. The van der Waals surface area contributed by atoms with Gasteiger partial charge in [-0.15, -0.1) is 11.3 Å². The monoisotopic (exact) mass is 535 g/mol. The zero-order valence-corrected chi connectivity index (χ0v) is 22.2. The van der Waals surface area contributed by atoms with Crippen molar-refractivity contribution in [2.24, 2.45) is 0 Å². The highest BCUT2D eigenvalue weighted by Gasteiger charge is 2.46. The molecule has 0 aliphatic carbocycles. The molecule has 9 nitrogen and oxygen atoms in total. The van der Waals surface area contributed by atoms with Crippen LogP contribution < -0.4 is 15.0 Å². The summed E-state index contributed by atoms with van der Waals surface area (Å²) in [5.41, 5.74) is 2.22. The number of anilines is 2. The summed E-state index contributed by atoms with van der Waals surface area (Å²) >= 11 is 1.59.